The van der Waals surface area contributed by atoms with Gasteiger partial charge in [-0.1, -0.05) is 69.3 Å². The molecule has 2 aliphatic heterocycles. The highest BCUT2D eigenvalue weighted by atomic mass is 16.3. The van der Waals surface area contributed by atoms with Crippen LogP contribution in [0.5, 0.6) is 0 Å². The summed E-state index contributed by atoms with van der Waals surface area (Å²) < 4.78 is 0. The molecule has 0 bridgehead atoms. The molecule has 0 radical (unpaired) electrons. The van der Waals surface area contributed by atoms with Gasteiger partial charge in [0, 0.05) is 45.4 Å². The van der Waals surface area contributed by atoms with Crippen LogP contribution >= 0.6 is 0 Å². The average Bonchev–Trinajstić information content (AvgIpc) is 2.95. The maximum atomic E-state index is 11.8. The third kappa shape index (κ3) is 3.41. The number of anilines is 4. The molecule has 4 aromatic rings. The van der Waals surface area contributed by atoms with E-state index >= 15 is 0 Å². The molecule has 7 rings (SSSR count). The van der Waals surface area contributed by atoms with Crippen LogP contribution in [0.15, 0.2) is 60.7 Å². The maximum absolute atomic E-state index is 11.8. The fraction of sp³-hybridized carbons (Fsp3) is 0.394. The summed E-state index contributed by atoms with van der Waals surface area (Å²) in [7, 11) is 0. The SMILES string of the molecule is CCC1(C)Nc2cccc3ccc(C4C(O)C(c5ccc6cccc7c6c5NC(CC)(CC)N7)C4O)c(c23)N1. The van der Waals surface area contributed by atoms with Gasteiger partial charge in [-0.3, -0.25) is 0 Å². The molecule has 0 spiro atoms. The Balaban J connectivity index is 1.32. The lowest BCUT2D eigenvalue weighted by atomic mass is 9.62. The van der Waals surface area contributed by atoms with Crippen molar-refractivity contribution < 1.29 is 10.2 Å². The minimum atomic E-state index is -0.708. The van der Waals surface area contributed by atoms with Gasteiger partial charge in [0.2, 0.25) is 0 Å². The zero-order chi connectivity index (χ0) is 27.1. The van der Waals surface area contributed by atoms with Crippen LogP contribution in [0, 0.1) is 0 Å². The number of hydrogen-bond acceptors (Lipinski definition) is 6. The normalized spacial score (nSPS) is 28.2. The molecule has 1 saturated carbocycles. The molecular formula is C33H38N4O2. The minimum Gasteiger partial charge on any atom is -0.392 e. The van der Waals surface area contributed by atoms with Crippen LogP contribution in [0.1, 0.15) is 69.9 Å². The smallest absolute Gasteiger partial charge is 0.107 e. The Morgan fingerprint density at radius 2 is 1.13 bits per heavy atom. The van der Waals surface area contributed by atoms with Gasteiger partial charge in [-0.2, -0.15) is 0 Å². The Bertz CT molecular complexity index is 1600. The van der Waals surface area contributed by atoms with Crippen LogP contribution in [-0.4, -0.2) is 33.7 Å². The molecule has 1 fully saturated rings. The van der Waals surface area contributed by atoms with E-state index in [0.29, 0.717) is 0 Å². The fourth-order valence-corrected chi connectivity index (χ4v) is 7.18. The molecule has 202 valence electrons. The zero-order valence-corrected chi connectivity index (χ0v) is 23.1. The van der Waals surface area contributed by atoms with E-state index in [4.69, 9.17) is 0 Å². The number of nitrogens with one attached hydrogen (secondary N) is 4. The third-order valence-electron chi connectivity index (χ3n) is 9.81. The first-order valence-electron chi connectivity index (χ1n) is 14.4. The van der Waals surface area contributed by atoms with Gasteiger partial charge in [0.05, 0.1) is 12.2 Å². The minimum absolute atomic E-state index is 0.267. The van der Waals surface area contributed by atoms with Crippen LogP contribution in [0.4, 0.5) is 22.7 Å². The maximum Gasteiger partial charge on any atom is 0.107 e. The highest BCUT2D eigenvalue weighted by Crippen LogP contribution is 2.55. The topological polar surface area (TPSA) is 88.6 Å². The van der Waals surface area contributed by atoms with Crippen LogP contribution in [0.3, 0.4) is 0 Å². The standard InChI is InChI=1S/C33H38N4O2/c1-5-32(4)34-22-12-8-10-18-14-16-20(28(36-32)24(18)22)26-30(38)27(31(26)39)21-17-15-19-11-9-13-23-25(19)29(21)37-33(6-2,7-3)35-23/h8-17,26-27,30-31,34-39H,5-7H2,1-4H3. The van der Waals surface area contributed by atoms with Gasteiger partial charge in [-0.05, 0) is 60.2 Å². The molecule has 3 aliphatic rings. The summed E-state index contributed by atoms with van der Waals surface area (Å²) in [5, 5.41) is 43.1. The van der Waals surface area contributed by atoms with Gasteiger partial charge < -0.3 is 31.5 Å². The summed E-state index contributed by atoms with van der Waals surface area (Å²) in [6.45, 7) is 8.69. The summed E-state index contributed by atoms with van der Waals surface area (Å²) in [5.74, 6) is -0.756. The second kappa shape index (κ2) is 8.51. The lowest BCUT2D eigenvalue weighted by Crippen LogP contribution is -2.53. The van der Waals surface area contributed by atoms with E-state index < -0.39 is 12.2 Å². The first kappa shape index (κ1) is 24.6. The van der Waals surface area contributed by atoms with E-state index in [2.05, 4.69) is 110 Å². The largest absolute Gasteiger partial charge is 0.392 e. The second-order valence-electron chi connectivity index (χ2n) is 11.9. The molecule has 6 N–H and O–H groups in total. The lowest BCUT2D eigenvalue weighted by molar-refractivity contribution is -0.0780. The van der Waals surface area contributed by atoms with Crippen LogP contribution in [0.25, 0.3) is 21.5 Å². The molecule has 6 nitrogen and oxygen atoms in total. The number of rotatable bonds is 5. The summed E-state index contributed by atoms with van der Waals surface area (Å²) >= 11 is 0. The Kier molecular flexibility index (Phi) is 5.36. The van der Waals surface area contributed by atoms with Crippen molar-refractivity contribution in [2.24, 2.45) is 0 Å². The predicted octanol–water partition coefficient (Wildman–Crippen LogP) is 6.91. The molecule has 4 aromatic carbocycles. The van der Waals surface area contributed by atoms with Gasteiger partial charge in [-0.15, -0.1) is 0 Å². The van der Waals surface area contributed by atoms with Gasteiger partial charge in [0.1, 0.15) is 11.3 Å². The monoisotopic (exact) mass is 522 g/mol. The Labute approximate surface area is 229 Å². The van der Waals surface area contributed by atoms with Crippen molar-refractivity contribution in [2.75, 3.05) is 21.3 Å². The average molecular weight is 523 g/mol. The molecule has 0 saturated heterocycles. The molecule has 3 unspecified atom stereocenters. The molecule has 39 heavy (non-hydrogen) atoms. The van der Waals surface area contributed by atoms with E-state index in [-0.39, 0.29) is 23.2 Å². The number of aliphatic hydroxyl groups excluding tert-OH is 2. The van der Waals surface area contributed by atoms with Gasteiger partial charge >= 0.3 is 0 Å². The number of hydrogen-bond donors (Lipinski definition) is 6. The number of aliphatic hydroxyl groups is 2. The summed E-state index contributed by atoms with van der Waals surface area (Å²) in [6.07, 6.45) is 1.28. The van der Waals surface area contributed by atoms with E-state index in [1.54, 1.807) is 0 Å². The summed E-state index contributed by atoms with van der Waals surface area (Å²) in [6, 6.07) is 21.1. The van der Waals surface area contributed by atoms with Crippen molar-refractivity contribution in [1.29, 1.82) is 0 Å². The van der Waals surface area contributed by atoms with Crippen molar-refractivity contribution >= 4 is 44.3 Å². The van der Waals surface area contributed by atoms with Crippen LogP contribution < -0.4 is 21.3 Å². The quantitative estimate of drug-likeness (QED) is 0.171. The van der Waals surface area contributed by atoms with Crippen molar-refractivity contribution in [3.8, 4) is 0 Å². The van der Waals surface area contributed by atoms with Crippen molar-refractivity contribution in [3.05, 3.63) is 71.8 Å². The second-order valence-corrected chi connectivity index (χ2v) is 11.9. The molecule has 1 aliphatic carbocycles. The van der Waals surface area contributed by atoms with Crippen LogP contribution in [0.2, 0.25) is 0 Å². The Morgan fingerprint density at radius 1 is 0.615 bits per heavy atom. The van der Waals surface area contributed by atoms with Crippen LogP contribution in [-0.2, 0) is 0 Å². The molecule has 0 aromatic heterocycles. The molecule has 0 amide bonds. The summed E-state index contributed by atoms with van der Waals surface area (Å²) in [5.41, 5.74) is 5.64. The van der Waals surface area contributed by atoms with E-state index in [0.717, 1.165) is 74.7 Å². The highest BCUT2D eigenvalue weighted by Gasteiger charge is 2.53. The van der Waals surface area contributed by atoms with Gasteiger partial charge in [-0.25, -0.2) is 0 Å². The summed E-state index contributed by atoms with van der Waals surface area (Å²) in [4.78, 5) is 0. The molecule has 3 atom stereocenters. The fourth-order valence-electron chi connectivity index (χ4n) is 7.18. The van der Waals surface area contributed by atoms with E-state index in [9.17, 15) is 10.2 Å². The van der Waals surface area contributed by atoms with E-state index in [1.165, 1.54) is 0 Å². The first-order chi connectivity index (χ1) is 18.8. The Hall–Kier alpha value is -3.48. The van der Waals surface area contributed by atoms with Gasteiger partial charge in [0.25, 0.3) is 0 Å². The predicted molar refractivity (Wildman–Crippen MR) is 162 cm³/mol. The van der Waals surface area contributed by atoms with Crippen molar-refractivity contribution in [1.82, 2.24) is 0 Å². The third-order valence-corrected chi connectivity index (χ3v) is 9.81. The molecular weight excluding hydrogens is 484 g/mol. The highest BCUT2D eigenvalue weighted by molar-refractivity contribution is 6.08. The number of benzene rings is 4. The lowest BCUT2D eigenvalue weighted by Gasteiger charge is -2.50. The van der Waals surface area contributed by atoms with Crippen molar-refractivity contribution in [2.45, 2.75) is 82.3 Å². The van der Waals surface area contributed by atoms with E-state index in [1.807, 2.05) is 0 Å². The molecule has 6 heteroatoms. The first-order valence-corrected chi connectivity index (χ1v) is 14.4. The van der Waals surface area contributed by atoms with Gasteiger partial charge in [0.15, 0.2) is 0 Å². The molecule has 2 heterocycles. The zero-order valence-electron chi connectivity index (χ0n) is 23.1. The van der Waals surface area contributed by atoms with Crippen molar-refractivity contribution in [3.63, 3.8) is 0 Å². The Morgan fingerprint density at radius 3 is 1.64 bits per heavy atom.